The molecule has 6 rings (SSSR count). The van der Waals surface area contributed by atoms with Gasteiger partial charge in [-0.3, -0.25) is 4.79 Å². The average Bonchev–Trinajstić information content (AvgIpc) is 3.68. The fourth-order valence-corrected chi connectivity index (χ4v) is 7.61. The molecule has 5 aromatic rings. The molecule has 11 heteroatoms. The van der Waals surface area contributed by atoms with E-state index in [9.17, 15) is 22.1 Å². The van der Waals surface area contributed by atoms with Crippen LogP contribution in [0.15, 0.2) is 84.5 Å². The smallest absolute Gasteiger partial charge is 0.493 e. The first kappa shape index (κ1) is 45.0. The van der Waals surface area contributed by atoms with Crippen molar-refractivity contribution in [2.45, 2.75) is 105 Å². The minimum absolute atomic E-state index is 0.239. The lowest BCUT2D eigenvalue weighted by Gasteiger charge is -2.10. The average molecular weight is 815 g/mol. The molecule has 0 spiro atoms. The van der Waals surface area contributed by atoms with Gasteiger partial charge in [0.1, 0.15) is 18.0 Å². The van der Waals surface area contributed by atoms with Crippen LogP contribution in [0.25, 0.3) is 38.5 Å². The number of rotatable bonds is 21. The van der Waals surface area contributed by atoms with Crippen LogP contribution in [0.2, 0.25) is 0 Å². The molecule has 4 aromatic carbocycles. The van der Waals surface area contributed by atoms with E-state index in [1.165, 1.54) is 67.3 Å². The van der Waals surface area contributed by atoms with Gasteiger partial charge in [0.05, 0.1) is 30.8 Å². The van der Waals surface area contributed by atoms with Gasteiger partial charge < -0.3 is 36.0 Å². The molecular weight excluding hydrogens is 755 g/mol. The molecule has 6 nitrogen and oxygen atoms in total. The Morgan fingerprint density at radius 3 is 1.98 bits per heavy atom. The molecular formula is C48H59BF4N2O4. The topological polar surface area (TPSA) is 52.7 Å². The quantitative estimate of drug-likeness (QED) is 0.0185. The highest BCUT2D eigenvalue weighted by atomic mass is 19.5. The Balaban J connectivity index is 0.00000125. The summed E-state index contributed by atoms with van der Waals surface area (Å²) in [5, 5.41) is 7.35. The van der Waals surface area contributed by atoms with E-state index in [0.717, 1.165) is 102 Å². The van der Waals surface area contributed by atoms with Gasteiger partial charge in [-0.15, -0.1) is 0 Å². The van der Waals surface area contributed by atoms with Crippen molar-refractivity contribution in [2.75, 3.05) is 26.4 Å². The minimum Gasteiger partial charge on any atom is -0.493 e. The Hall–Kier alpha value is -5.06. The Morgan fingerprint density at radius 1 is 0.729 bits per heavy atom. The van der Waals surface area contributed by atoms with Crippen molar-refractivity contribution in [1.29, 1.82) is 0 Å². The molecule has 0 bridgehead atoms. The molecule has 0 saturated carbocycles. The van der Waals surface area contributed by atoms with Crippen LogP contribution in [-0.2, 0) is 16.1 Å². The molecule has 0 N–H and O–H groups in total. The van der Waals surface area contributed by atoms with Crippen molar-refractivity contribution in [3.05, 3.63) is 95.4 Å². The van der Waals surface area contributed by atoms with E-state index in [4.69, 9.17) is 14.2 Å². The van der Waals surface area contributed by atoms with Crippen LogP contribution in [0.1, 0.15) is 104 Å². The first-order chi connectivity index (χ1) is 28.5. The van der Waals surface area contributed by atoms with E-state index in [2.05, 4.69) is 122 Å². The summed E-state index contributed by atoms with van der Waals surface area (Å²) in [6.45, 7) is 14.1. The van der Waals surface area contributed by atoms with Crippen LogP contribution in [-0.4, -0.2) is 54.4 Å². The molecule has 0 fully saturated rings. The van der Waals surface area contributed by atoms with Crippen molar-refractivity contribution >= 4 is 63.1 Å². The normalized spacial score (nSPS) is 13.3. The zero-order valence-corrected chi connectivity index (χ0v) is 35.3. The molecule has 1 aliphatic rings. The van der Waals surface area contributed by atoms with Gasteiger partial charge >= 0.3 is 13.2 Å². The van der Waals surface area contributed by atoms with Gasteiger partial charge in [0.15, 0.2) is 0 Å². The van der Waals surface area contributed by atoms with Gasteiger partial charge in [-0.2, -0.15) is 4.58 Å². The van der Waals surface area contributed by atoms with Gasteiger partial charge in [-0.1, -0.05) is 95.9 Å². The maximum Gasteiger partial charge on any atom is 0.673 e. The highest BCUT2D eigenvalue weighted by Gasteiger charge is 2.31. The number of nitrogens with zero attached hydrogens (tertiary/aromatic N) is 2. The lowest BCUT2D eigenvalue weighted by atomic mass is 10.0. The number of hydrogen-bond donors (Lipinski definition) is 0. The van der Waals surface area contributed by atoms with Crippen LogP contribution in [0, 0.1) is 0 Å². The van der Waals surface area contributed by atoms with Crippen molar-refractivity contribution in [3.63, 3.8) is 0 Å². The van der Waals surface area contributed by atoms with Crippen LogP contribution < -0.4 is 14.8 Å². The second kappa shape index (κ2) is 21.8. The number of carbonyl (C=O) groups is 1. The predicted octanol–water partition coefficient (Wildman–Crippen LogP) is 12.7. The second-order valence-corrected chi connectivity index (χ2v) is 15.0. The predicted molar refractivity (Wildman–Crippen MR) is 236 cm³/mol. The highest BCUT2D eigenvalue weighted by Crippen LogP contribution is 2.40. The first-order valence-electron chi connectivity index (χ1n) is 21.4. The molecule has 0 aliphatic carbocycles. The molecule has 316 valence electrons. The van der Waals surface area contributed by atoms with Crippen molar-refractivity contribution < 1.29 is 40.8 Å². The molecule has 1 aliphatic heterocycles. The summed E-state index contributed by atoms with van der Waals surface area (Å²) in [5.74, 6) is 1.68. The fourth-order valence-electron chi connectivity index (χ4n) is 7.61. The highest BCUT2D eigenvalue weighted by molar-refractivity contribution is 6.50. The lowest BCUT2D eigenvalue weighted by molar-refractivity contribution is -0.436. The summed E-state index contributed by atoms with van der Waals surface area (Å²) < 4.78 is 61.9. The summed E-state index contributed by atoms with van der Waals surface area (Å²) in [5.41, 5.74) is 6.15. The zero-order chi connectivity index (χ0) is 42.4. The number of halogens is 4. The third-order valence-electron chi connectivity index (χ3n) is 10.5. The third-order valence-corrected chi connectivity index (χ3v) is 10.5. The van der Waals surface area contributed by atoms with E-state index >= 15 is 0 Å². The van der Waals surface area contributed by atoms with E-state index in [-0.39, 0.29) is 5.97 Å². The second-order valence-electron chi connectivity index (χ2n) is 15.0. The Bertz CT molecular complexity index is 2340. The summed E-state index contributed by atoms with van der Waals surface area (Å²) >= 11 is 0. The molecule has 2 heterocycles. The van der Waals surface area contributed by atoms with E-state index in [1.54, 1.807) is 0 Å². The number of hydrogen-bond acceptors (Lipinski definition) is 4. The van der Waals surface area contributed by atoms with Gasteiger partial charge in [-0.05, 0) is 68.0 Å². The van der Waals surface area contributed by atoms with E-state index in [0.29, 0.717) is 6.61 Å². The van der Waals surface area contributed by atoms with Crippen LogP contribution in [0.5, 0.6) is 11.5 Å². The number of esters is 1. The van der Waals surface area contributed by atoms with Gasteiger partial charge in [0.25, 0.3) is 0 Å². The fraction of sp³-hybridized carbons (Fsp3) is 0.417. The maximum absolute atomic E-state index is 11.6. The minimum atomic E-state index is -6.00. The Labute approximate surface area is 346 Å². The SMILES string of the molecule is CCCCOc1ccc2c3c(cccc13)C(C=CC(=CC=c1c3cccc4c(OCCCC)ccc(c43)n1CCCC)CCCOC(C)=O)=[N+]2CCCC.F[B-](F)(F)F. The number of unbranched alkanes of at least 4 members (excludes halogenated alkanes) is 4. The van der Waals surface area contributed by atoms with Gasteiger partial charge in [-0.25, -0.2) is 0 Å². The number of aryl methyl sites for hydroxylation is 1. The first-order valence-corrected chi connectivity index (χ1v) is 21.4. The number of benzene rings is 4. The van der Waals surface area contributed by atoms with Gasteiger partial charge in [0.2, 0.25) is 11.4 Å². The largest absolute Gasteiger partial charge is 0.673 e. The zero-order valence-electron chi connectivity index (χ0n) is 35.3. The molecule has 0 amide bonds. The summed E-state index contributed by atoms with van der Waals surface area (Å²) in [4.78, 5) is 11.6. The Kier molecular flexibility index (Phi) is 16.6. The van der Waals surface area contributed by atoms with Crippen molar-refractivity contribution in [1.82, 2.24) is 4.57 Å². The number of aromatic nitrogens is 1. The number of carbonyl (C=O) groups excluding carboxylic acids is 1. The molecule has 0 radical (unpaired) electrons. The van der Waals surface area contributed by atoms with E-state index < -0.39 is 7.25 Å². The number of allylic oxidation sites excluding steroid dienone is 4. The van der Waals surface area contributed by atoms with Crippen LogP contribution >= 0.6 is 0 Å². The maximum atomic E-state index is 11.6. The lowest BCUT2D eigenvalue weighted by Crippen LogP contribution is -2.16. The third kappa shape index (κ3) is 11.8. The summed E-state index contributed by atoms with van der Waals surface area (Å²) in [6.07, 6.45) is 19.4. The van der Waals surface area contributed by atoms with E-state index in [1.807, 2.05) is 0 Å². The van der Waals surface area contributed by atoms with Crippen molar-refractivity contribution in [2.24, 2.45) is 0 Å². The monoisotopic (exact) mass is 814 g/mol. The summed E-state index contributed by atoms with van der Waals surface area (Å²) in [7, 11) is -6.00. The van der Waals surface area contributed by atoms with Gasteiger partial charge in [0, 0.05) is 64.4 Å². The molecule has 1 aromatic heterocycles. The standard InChI is InChI=1S/C48H59N2O4.BF4/c1-6-10-30-49-41(37-18-14-20-39-45(53-32-12-8-3)28-26-43(49)47(37)39)24-22-36(17-16-34-52-35(5)51)23-25-42-38-19-15-21-40-46(54-33-13-9-4)29-27-44(48(38)40)50(42)31-11-7-2;2-1(3,4)5/h14-15,18-29H,6-13,16-17,30-34H2,1-5H3;/q+1;-1. The molecule has 0 atom stereocenters. The van der Waals surface area contributed by atoms with Crippen molar-refractivity contribution in [3.8, 4) is 11.5 Å². The molecule has 0 saturated heterocycles. The molecule has 0 unspecified atom stereocenters. The molecule has 59 heavy (non-hydrogen) atoms. The Morgan fingerprint density at radius 2 is 1.34 bits per heavy atom. The summed E-state index contributed by atoms with van der Waals surface area (Å²) in [6, 6.07) is 22.0. The number of ether oxygens (including phenoxy) is 3. The van der Waals surface area contributed by atoms with Crippen LogP contribution in [0.3, 0.4) is 0 Å². The van der Waals surface area contributed by atoms with Crippen LogP contribution in [0.4, 0.5) is 23.0 Å².